The molecule has 0 saturated heterocycles. The van der Waals surface area contributed by atoms with Gasteiger partial charge in [-0.2, -0.15) is 0 Å². The van der Waals surface area contributed by atoms with Crippen LogP contribution in [0.5, 0.6) is 0 Å². The van der Waals surface area contributed by atoms with Crippen molar-refractivity contribution < 1.29 is 27.5 Å². The Labute approximate surface area is 128 Å². The number of halogens is 1. The Kier molecular flexibility index (Phi) is 5.65. The molecule has 0 heterocycles. The third kappa shape index (κ3) is 4.52. The van der Waals surface area contributed by atoms with Gasteiger partial charge in [0.1, 0.15) is 11.6 Å². The van der Waals surface area contributed by atoms with Gasteiger partial charge in [0.15, 0.2) is 15.9 Å². The number of rotatable bonds is 6. The Morgan fingerprint density at radius 1 is 1.32 bits per heavy atom. The maximum atomic E-state index is 13.2. The molecule has 0 aliphatic carbocycles. The summed E-state index contributed by atoms with van der Waals surface area (Å²) in [5.41, 5.74) is 0.398. The van der Waals surface area contributed by atoms with Crippen LogP contribution in [-0.4, -0.2) is 36.4 Å². The van der Waals surface area contributed by atoms with Crippen LogP contribution in [0.4, 0.5) is 4.39 Å². The van der Waals surface area contributed by atoms with Gasteiger partial charge in [0.25, 0.3) is 0 Å². The van der Waals surface area contributed by atoms with E-state index in [1.54, 1.807) is 0 Å². The van der Waals surface area contributed by atoms with E-state index >= 15 is 0 Å². The first-order chi connectivity index (χ1) is 10.0. The van der Waals surface area contributed by atoms with Crippen LogP contribution in [-0.2, 0) is 19.4 Å². The Bertz CT molecular complexity index is 684. The van der Waals surface area contributed by atoms with Crippen LogP contribution >= 0.6 is 0 Å². The SMILES string of the molecule is Cc1cc(C(NC(=O)CS(=O)(=O)C(C)C)C(=O)O)ccc1F. The summed E-state index contributed by atoms with van der Waals surface area (Å²) in [4.78, 5) is 23.0. The molecule has 122 valence electrons. The molecule has 2 N–H and O–H groups in total. The fourth-order valence-corrected chi connectivity index (χ4v) is 2.47. The summed E-state index contributed by atoms with van der Waals surface area (Å²) < 4.78 is 36.6. The number of benzene rings is 1. The molecular formula is C14H18FNO5S. The van der Waals surface area contributed by atoms with Gasteiger partial charge in [-0.3, -0.25) is 4.79 Å². The summed E-state index contributed by atoms with van der Waals surface area (Å²) in [5, 5.41) is 10.6. The molecule has 8 heteroatoms. The van der Waals surface area contributed by atoms with E-state index < -0.39 is 44.6 Å². The number of sulfone groups is 1. The second-order valence-corrected chi connectivity index (χ2v) is 7.76. The number of nitrogens with one attached hydrogen (secondary N) is 1. The number of carbonyl (C=O) groups is 2. The molecule has 0 aliphatic rings. The number of aliphatic carboxylic acids is 1. The summed E-state index contributed by atoms with van der Waals surface area (Å²) in [6, 6.07) is 2.19. The van der Waals surface area contributed by atoms with Crippen LogP contribution in [0.2, 0.25) is 0 Å². The quantitative estimate of drug-likeness (QED) is 0.816. The molecule has 1 aromatic rings. The highest BCUT2D eigenvalue weighted by molar-refractivity contribution is 7.92. The van der Waals surface area contributed by atoms with E-state index in [0.29, 0.717) is 0 Å². The number of aryl methyl sites for hydroxylation is 1. The van der Waals surface area contributed by atoms with Gasteiger partial charge < -0.3 is 10.4 Å². The molecular weight excluding hydrogens is 313 g/mol. The monoisotopic (exact) mass is 331 g/mol. The first kappa shape index (κ1) is 18.1. The van der Waals surface area contributed by atoms with Gasteiger partial charge in [-0.25, -0.2) is 17.6 Å². The molecule has 1 amide bonds. The highest BCUT2D eigenvalue weighted by atomic mass is 32.2. The summed E-state index contributed by atoms with van der Waals surface area (Å²) in [6.07, 6.45) is 0. The highest BCUT2D eigenvalue weighted by Crippen LogP contribution is 2.17. The second-order valence-electron chi connectivity index (χ2n) is 5.20. The lowest BCUT2D eigenvalue weighted by Crippen LogP contribution is -2.38. The first-order valence-corrected chi connectivity index (χ1v) is 8.26. The molecule has 0 fully saturated rings. The van der Waals surface area contributed by atoms with Crippen molar-refractivity contribution in [2.45, 2.75) is 32.1 Å². The minimum atomic E-state index is -3.63. The van der Waals surface area contributed by atoms with Crippen LogP contribution in [0.25, 0.3) is 0 Å². The lowest BCUT2D eigenvalue weighted by molar-refractivity contribution is -0.141. The van der Waals surface area contributed by atoms with Crippen LogP contribution < -0.4 is 5.32 Å². The lowest BCUT2D eigenvalue weighted by Gasteiger charge is -2.16. The molecule has 1 unspecified atom stereocenters. The summed E-state index contributed by atoms with van der Waals surface area (Å²) >= 11 is 0. The minimum Gasteiger partial charge on any atom is -0.479 e. The fourth-order valence-electron chi connectivity index (χ4n) is 1.69. The molecule has 0 saturated carbocycles. The van der Waals surface area contributed by atoms with E-state index in [1.807, 2.05) is 0 Å². The van der Waals surface area contributed by atoms with Gasteiger partial charge in [-0.05, 0) is 38.0 Å². The number of carboxylic acids is 1. The normalized spacial score (nSPS) is 13.0. The van der Waals surface area contributed by atoms with Crippen molar-refractivity contribution in [2.24, 2.45) is 0 Å². The predicted octanol–water partition coefficient (Wildman–Crippen LogP) is 1.20. The summed E-state index contributed by atoms with van der Waals surface area (Å²) in [5.74, 6) is -3.57. The van der Waals surface area contributed by atoms with Crippen molar-refractivity contribution in [3.63, 3.8) is 0 Å². The largest absolute Gasteiger partial charge is 0.479 e. The Balaban J connectivity index is 2.96. The van der Waals surface area contributed by atoms with Gasteiger partial charge in [0.05, 0.1) is 5.25 Å². The molecule has 1 rings (SSSR count). The predicted molar refractivity (Wildman–Crippen MR) is 78.6 cm³/mol. The van der Waals surface area contributed by atoms with E-state index in [1.165, 1.54) is 32.9 Å². The van der Waals surface area contributed by atoms with E-state index in [4.69, 9.17) is 0 Å². The Hall–Kier alpha value is -1.96. The lowest BCUT2D eigenvalue weighted by atomic mass is 10.0. The van der Waals surface area contributed by atoms with Gasteiger partial charge in [-0.1, -0.05) is 12.1 Å². The Morgan fingerprint density at radius 3 is 2.36 bits per heavy atom. The van der Waals surface area contributed by atoms with Gasteiger partial charge in [-0.15, -0.1) is 0 Å². The van der Waals surface area contributed by atoms with Crippen molar-refractivity contribution >= 4 is 21.7 Å². The highest BCUT2D eigenvalue weighted by Gasteiger charge is 2.26. The van der Waals surface area contributed by atoms with E-state index in [2.05, 4.69) is 5.32 Å². The molecule has 22 heavy (non-hydrogen) atoms. The third-order valence-electron chi connectivity index (χ3n) is 3.12. The molecule has 1 aromatic carbocycles. The molecule has 0 radical (unpaired) electrons. The molecule has 0 aromatic heterocycles. The number of hydrogen-bond acceptors (Lipinski definition) is 4. The molecule has 0 aliphatic heterocycles. The van der Waals surface area contributed by atoms with Crippen LogP contribution in [0.15, 0.2) is 18.2 Å². The van der Waals surface area contributed by atoms with E-state index in [-0.39, 0.29) is 11.1 Å². The zero-order chi connectivity index (χ0) is 17.1. The maximum absolute atomic E-state index is 13.2. The van der Waals surface area contributed by atoms with E-state index in [9.17, 15) is 27.5 Å². The zero-order valence-corrected chi connectivity index (χ0v) is 13.3. The summed E-state index contributed by atoms with van der Waals surface area (Å²) in [7, 11) is -3.63. The van der Waals surface area contributed by atoms with Gasteiger partial charge in [0, 0.05) is 0 Å². The minimum absolute atomic E-state index is 0.168. The van der Waals surface area contributed by atoms with Crippen molar-refractivity contribution in [1.82, 2.24) is 5.32 Å². The van der Waals surface area contributed by atoms with Crippen LogP contribution in [0, 0.1) is 12.7 Å². The van der Waals surface area contributed by atoms with Gasteiger partial charge in [0.2, 0.25) is 5.91 Å². The van der Waals surface area contributed by atoms with Crippen molar-refractivity contribution in [2.75, 3.05) is 5.75 Å². The molecule has 6 nitrogen and oxygen atoms in total. The molecule has 0 bridgehead atoms. The Morgan fingerprint density at radius 2 is 1.91 bits per heavy atom. The standard InChI is InChI=1S/C14H18FNO5S/c1-8(2)22(20,21)7-12(17)16-13(14(18)19)10-4-5-11(15)9(3)6-10/h4-6,8,13H,7H2,1-3H3,(H,16,17)(H,18,19). The van der Waals surface area contributed by atoms with Crippen molar-refractivity contribution in [3.8, 4) is 0 Å². The van der Waals surface area contributed by atoms with Crippen molar-refractivity contribution in [1.29, 1.82) is 0 Å². The average Bonchev–Trinajstić information content (AvgIpc) is 2.38. The number of carbonyl (C=O) groups excluding carboxylic acids is 1. The van der Waals surface area contributed by atoms with E-state index in [0.717, 1.165) is 6.07 Å². The van der Waals surface area contributed by atoms with Crippen LogP contribution in [0.1, 0.15) is 31.0 Å². The number of amides is 1. The number of carboxylic acid groups (broad SMARTS) is 1. The van der Waals surface area contributed by atoms with Gasteiger partial charge >= 0.3 is 5.97 Å². The molecule has 1 atom stereocenters. The number of hydrogen-bond donors (Lipinski definition) is 2. The average molecular weight is 331 g/mol. The smallest absolute Gasteiger partial charge is 0.330 e. The zero-order valence-electron chi connectivity index (χ0n) is 12.5. The maximum Gasteiger partial charge on any atom is 0.330 e. The third-order valence-corrected chi connectivity index (χ3v) is 5.22. The summed E-state index contributed by atoms with van der Waals surface area (Å²) in [6.45, 7) is 4.32. The van der Waals surface area contributed by atoms with Crippen molar-refractivity contribution in [3.05, 3.63) is 35.1 Å². The topological polar surface area (TPSA) is 101 Å². The van der Waals surface area contributed by atoms with Crippen LogP contribution in [0.3, 0.4) is 0 Å². The second kappa shape index (κ2) is 6.87. The fraction of sp³-hybridized carbons (Fsp3) is 0.429. The first-order valence-electron chi connectivity index (χ1n) is 6.54. The molecule has 0 spiro atoms.